The molecule has 5 heteroatoms. The van der Waals surface area contributed by atoms with Gasteiger partial charge in [0.15, 0.2) is 6.10 Å². The number of methoxy groups -OCH3 is 1. The number of carbonyl (C=O) groups is 1. The van der Waals surface area contributed by atoms with Gasteiger partial charge in [-0.05, 0) is 5.56 Å². The molecule has 2 unspecified atom stereocenters. The molecule has 0 bridgehead atoms. The molecule has 2 rings (SSSR count). The number of hydrogen-bond donors (Lipinski definition) is 0. The molecule has 1 aliphatic heterocycles. The first kappa shape index (κ1) is 14.5. The topological polar surface area (TPSA) is 62.6 Å². The summed E-state index contributed by atoms with van der Waals surface area (Å²) >= 11 is 0. The Bertz CT molecular complexity index is 484. The smallest absolute Gasteiger partial charge is 0.336 e. The lowest BCUT2D eigenvalue weighted by atomic mass is 10.00. The Labute approximate surface area is 118 Å². The van der Waals surface area contributed by atoms with E-state index in [0.29, 0.717) is 19.7 Å². The Kier molecular flexibility index (Phi) is 5.10. The van der Waals surface area contributed by atoms with E-state index in [4.69, 9.17) is 9.47 Å². The van der Waals surface area contributed by atoms with Gasteiger partial charge in [-0.3, -0.25) is 4.90 Å². The van der Waals surface area contributed by atoms with E-state index in [1.165, 1.54) is 7.11 Å². The molecular formula is C15H18N2O3. The van der Waals surface area contributed by atoms with Gasteiger partial charge in [0, 0.05) is 19.6 Å². The number of nitrogens with zero attached hydrogens (tertiary/aromatic N) is 2. The summed E-state index contributed by atoms with van der Waals surface area (Å²) in [6, 6.07) is 12.0. The van der Waals surface area contributed by atoms with Crippen LogP contribution in [0.3, 0.4) is 0 Å². The SMILES string of the molecule is COC(=O)C1CN(CC(C#N)c2ccccc2)CCO1. The molecule has 1 heterocycles. The van der Waals surface area contributed by atoms with E-state index in [1.807, 2.05) is 30.3 Å². The normalized spacial score (nSPS) is 20.9. The molecule has 1 aromatic rings. The minimum absolute atomic E-state index is 0.201. The summed E-state index contributed by atoms with van der Waals surface area (Å²) in [5.41, 5.74) is 0.996. The molecule has 0 radical (unpaired) electrons. The van der Waals surface area contributed by atoms with Crippen molar-refractivity contribution in [3.05, 3.63) is 35.9 Å². The Morgan fingerprint density at radius 3 is 2.95 bits per heavy atom. The molecule has 5 nitrogen and oxygen atoms in total. The van der Waals surface area contributed by atoms with Gasteiger partial charge in [0.2, 0.25) is 0 Å². The van der Waals surface area contributed by atoms with Crippen molar-refractivity contribution in [3.8, 4) is 6.07 Å². The average molecular weight is 274 g/mol. The molecule has 1 saturated heterocycles. The second-order valence-electron chi connectivity index (χ2n) is 4.73. The molecule has 0 saturated carbocycles. The van der Waals surface area contributed by atoms with Crippen LogP contribution in [0.1, 0.15) is 11.5 Å². The minimum Gasteiger partial charge on any atom is -0.467 e. The fourth-order valence-electron chi connectivity index (χ4n) is 2.31. The van der Waals surface area contributed by atoms with Gasteiger partial charge in [-0.15, -0.1) is 0 Å². The van der Waals surface area contributed by atoms with E-state index in [9.17, 15) is 10.1 Å². The van der Waals surface area contributed by atoms with E-state index in [1.54, 1.807) is 0 Å². The highest BCUT2D eigenvalue weighted by atomic mass is 16.6. The van der Waals surface area contributed by atoms with Gasteiger partial charge in [0.1, 0.15) is 0 Å². The maximum Gasteiger partial charge on any atom is 0.336 e. The molecule has 1 aromatic carbocycles. The molecule has 1 fully saturated rings. The van der Waals surface area contributed by atoms with E-state index in [-0.39, 0.29) is 11.9 Å². The van der Waals surface area contributed by atoms with Crippen LogP contribution >= 0.6 is 0 Å². The Morgan fingerprint density at radius 2 is 2.30 bits per heavy atom. The first-order valence-corrected chi connectivity index (χ1v) is 6.61. The third-order valence-corrected chi connectivity index (χ3v) is 3.41. The van der Waals surface area contributed by atoms with Crippen LogP contribution in [0, 0.1) is 11.3 Å². The molecular weight excluding hydrogens is 256 g/mol. The van der Waals surface area contributed by atoms with E-state index >= 15 is 0 Å². The molecule has 0 aliphatic carbocycles. The van der Waals surface area contributed by atoms with E-state index in [0.717, 1.165) is 12.1 Å². The van der Waals surface area contributed by atoms with Crippen molar-refractivity contribution in [2.75, 3.05) is 33.4 Å². The van der Waals surface area contributed by atoms with Crippen LogP contribution in [0.5, 0.6) is 0 Å². The maximum atomic E-state index is 11.5. The fraction of sp³-hybridized carbons (Fsp3) is 0.467. The highest BCUT2D eigenvalue weighted by molar-refractivity contribution is 5.74. The first-order chi connectivity index (χ1) is 9.74. The molecule has 0 amide bonds. The van der Waals surface area contributed by atoms with Crippen LogP contribution in [0.15, 0.2) is 30.3 Å². The van der Waals surface area contributed by atoms with Crippen LogP contribution in [-0.2, 0) is 14.3 Å². The highest BCUT2D eigenvalue weighted by Crippen LogP contribution is 2.18. The summed E-state index contributed by atoms with van der Waals surface area (Å²) in [5.74, 6) is -0.560. The van der Waals surface area contributed by atoms with Crippen LogP contribution in [0.2, 0.25) is 0 Å². The lowest BCUT2D eigenvalue weighted by Gasteiger charge is -2.32. The number of morpholine rings is 1. The van der Waals surface area contributed by atoms with Gasteiger partial charge in [-0.1, -0.05) is 30.3 Å². The molecule has 0 aromatic heterocycles. The van der Waals surface area contributed by atoms with Gasteiger partial charge in [0.05, 0.1) is 25.7 Å². The fourth-order valence-corrected chi connectivity index (χ4v) is 2.31. The van der Waals surface area contributed by atoms with Crippen molar-refractivity contribution in [1.82, 2.24) is 4.90 Å². The zero-order chi connectivity index (χ0) is 14.4. The Balaban J connectivity index is 1.98. The first-order valence-electron chi connectivity index (χ1n) is 6.61. The second-order valence-corrected chi connectivity index (χ2v) is 4.73. The van der Waals surface area contributed by atoms with Crippen LogP contribution in [0.25, 0.3) is 0 Å². The van der Waals surface area contributed by atoms with Crippen molar-refractivity contribution >= 4 is 5.97 Å². The van der Waals surface area contributed by atoms with Gasteiger partial charge in [0.25, 0.3) is 0 Å². The van der Waals surface area contributed by atoms with Gasteiger partial charge in [-0.2, -0.15) is 5.26 Å². The van der Waals surface area contributed by atoms with Crippen molar-refractivity contribution in [3.63, 3.8) is 0 Å². The van der Waals surface area contributed by atoms with Gasteiger partial charge >= 0.3 is 5.97 Å². The number of hydrogen-bond acceptors (Lipinski definition) is 5. The zero-order valence-electron chi connectivity index (χ0n) is 11.5. The molecule has 106 valence electrons. The number of esters is 1. The van der Waals surface area contributed by atoms with Gasteiger partial charge < -0.3 is 9.47 Å². The molecule has 20 heavy (non-hydrogen) atoms. The van der Waals surface area contributed by atoms with Crippen LogP contribution in [-0.4, -0.2) is 50.3 Å². The Morgan fingerprint density at radius 1 is 1.55 bits per heavy atom. The minimum atomic E-state index is -0.552. The highest BCUT2D eigenvalue weighted by Gasteiger charge is 2.28. The number of benzene rings is 1. The quantitative estimate of drug-likeness (QED) is 0.771. The zero-order valence-corrected chi connectivity index (χ0v) is 11.5. The average Bonchev–Trinajstić information content (AvgIpc) is 2.53. The van der Waals surface area contributed by atoms with E-state index < -0.39 is 6.10 Å². The monoisotopic (exact) mass is 274 g/mol. The van der Waals surface area contributed by atoms with E-state index in [2.05, 4.69) is 11.0 Å². The third-order valence-electron chi connectivity index (χ3n) is 3.41. The summed E-state index contributed by atoms with van der Waals surface area (Å²) in [4.78, 5) is 13.6. The third kappa shape index (κ3) is 3.56. The molecule has 1 aliphatic rings. The lowest BCUT2D eigenvalue weighted by Crippen LogP contribution is -2.47. The van der Waals surface area contributed by atoms with Crippen molar-refractivity contribution in [2.45, 2.75) is 12.0 Å². The van der Waals surface area contributed by atoms with Gasteiger partial charge in [-0.25, -0.2) is 4.79 Å². The van der Waals surface area contributed by atoms with Crippen molar-refractivity contribution in [1.29, 1.82) is 5.26 Å². The van der Waals surface area contributed by atoms with Crippen LogP contribution in [0.4, 0.5) is 0 Å². The summed E-state index contributed by atoms with van der Waals surface area (Å²) in [7, 11) is 1.35. The Hall–Kier alpha value is -1.90. The number of nitriles is 1. The number of carbonyl (C=O) groups excluding carboxylic acids is 1. The standard InChI is InChI=1S/C15H18N2O3/c1-19-15(18)14-11-17(7-8-20-14)10-13(9-16)12-5-3-2-4-6-12/h2-6,13-14H,7-8,10-11H2,1H3. The van der Waals surface area contributed by atoms with Crippen LogP contribution < -0.4 is 0 Å². The molecule has 0 spiro atoms. The summed E-state index contributed by atoms with van der Waals surface area (Å²) in [6.07, 6.45) is -0.552. The predicted octanol–water partition coefficient (Wildman–Crippen LogP) is 1.17. The number of ether oxygens (including phenoxy) is 2. The largest absolute Gasteiger partial charge is 0.467 e. The molecule has 2 atom stereocenters. The second kappa shape index (κ2) is 7.04. The summed E-state index contributed by atoms with van der Waals surface area (Å²) in [6.45, 7) is 2.26. The van der Waals surface area contributed by atoms with Crippen molar-refractivity contribution in [2.24, 2.45) is 0 Å². The van der Waals surface area contributed by atoms with Crippen molar-refractivity contribution < 1.29 is 14.3 Å². The predicted molar refractivity (Wildman–Crippen MR) is 73.0 cm³/mol. The maximum absolute atomic E-state index is 11.5. The summed E-state index contributed by atoms with van der Waals surface area (Å²) in [5, 5.41) is 9.33. The summed E-state index contributed by atoms with van der Waals surface area (Å²) < 4.78 is 10.1. The lowest BCUT2D eigenvalue weighted by molar-refractivity contribution is -0.159. The molecule has 0 N–H and O–H groups in total. The number of rotatable bonds is 4.